The third-order valence-electron chi connectivity index (χ3n) is 2.88. The van der Waals surface area contributed by atoms with Crippen LogP contribution in [0.2, 0.25) is 10.0 Å². The molecular formula is C15H15Cl2N. The van der Waals surface area contributed by atoms with Gasteiger partial charge in [0.2, 0.25) is 0 Å². The monoisotopic (exact) mass is 279 g/mol. The van der Waals surface area contributed by atoms with E-state index in [0.29, 0.717) is 10.0 Å². The maximum absolute atomic E-state index is 6.18. The van der Waals surface area contributed by atoms with E-state index in [1.54, 1.807) is 6.07 Å². The molecule has 2 rings (SSSR count). The SMILES string of the molecule is C[C@@H](NCc1ccccc1)c1ccc(Cl)cc1Cl. The molecule has 0 fully saturated rings. The Hall–Kier alpha value is -1.02. The summed E-state index contributed by atoms with van der Waals surface area (Å²) in [6.45, 7) is 2.92. The molecule has 2 aromatic rings. The highest BCUT2D eigenvalue weighted by Gasteiger charge is 2.09. The molecule has 2 aromatic carbocycles. The first kappa shape index (κ1) is 13.4. The zero-order valence-corrected chi connectivity index (χ0v) is 11.7. The lowest BCUT2D eigenvalue weighted by Crippen LogP contribution is -2.18. The van der Waals surface area contributed by atoms with Crippen molar-refractivity contribution in [1.82, 2.24) is 5.32 Å². The average Bonchev–Trinajstić information content (AvgIpc) is 2.37. The fourth-order valence-corrected chi connectivity index (χ4v) is 2.40. The zero-order valence-electron chi connectivity index (χ0n) is 10.2. The third kappa shape index (κ3) is 3.49. The van der Waals surface area contributed by atoms with Crippen molar-refractivity contribution in [3.8, 4) is 0 Å². The molecule has 1 N–H and O–H groups in total. The molecule has 0 bridgehead atoms. The molecule has 0 aliphatic heterocycles. The lowest BCUT2D eigenvalue weighted by molar-refractivity contribution is 0.575. The first-order valence-electron chi connectivity index (χ1n) is 5.89. The molecule has 0 unspecified atom stereocenters. The van der Waals surface area contributed by atoms with E-state index in [0.717, 1.165) is 12.1 Å². The minimum absolute atomic E-state index is 0.190. The van der Waals surface area contributed by atoms with E-state index in [-0.39, 0.29) is 6.04 Å². The summed E-state index contributed by atoms with van der Waals surface area (Å²) in [5.41, 5.74) is 2.33. The van der Waals surface area contributed by atoms with Crippen molar-refractivity contribution in [1.29, 1.82) is 0 Å². The molecule has 1 nitrogen and oxygen atoms in total. The van der Waals surface area contributed by atoms with Crippen LogP contribution in [0.4, 0.5) is 0 Å². The Morgan fingerprint density at radius 2 is 1.78 bits per heavy atom. The van der Waals surface area contributed by atoms with Gasteiger partial charge in [0.25, 0.3) is 0 Å². The zero-order chi connectivity index (χ0) is 13.0. The van der Waals surface area contributed by atoms with Crippen molar-refractivity contribution in [3.63, 3.8) is 0 Å². The Labute approximate surface area is 118 Å². The molecule has 0 saturated heterocycles. The number of benzene rings is 2. The summed E-state index contributed by atoms with van der Waals surface area (Å²) >= 11 is 12.1. The van der Waals surface area contributed by atoms with Gasteiger partial charge >= 0.3 is 0 Å². The Bertz CT molecular complexity index is 511. The van der Waals surface area contributed by atoms with Gasteiger partial charge in [0.15, 0.2) is 0 Å². The fraction of sp³-hybridized carbons (Fsp3) is 0.200. The summed E-state index contributed by atoms with van der Waals surface area (Å²) in [7, 11) is 0. The van der Waals surface area contributed by atoms with E-state index in [1.807, 2.05) is 30.3 Å². The molecular weight excluding hydrogens is 265 g/mol. The predicted octanol–water partition coefficient (Wildman–Crippen LogP) is 4.84. The Kier molecular flexibility index (Phi) is 4.65. The number of hydrogen-bond donors (Lipinski definition) is 1. The number of rotatable bonds is 4. The summed E-state index contributed by atoms with van der Waals surface area (Å²) in [6, 6.07) is 16.1. The van der Waals surface area contributed by atoms with E-state index in [1.165, 1.54) is 5.56 Å². The van der Waals surface area contributed by atoms with Crippen molar-refractivity contribution in [2.45, 2.75) is 19.5 Å². The molecule has 0 spiro atoms. The summed E-state index contributed by atoms with van der Waals surface area (Å²) in [5.74, 6) is 0. The minimum Gasteiger partial charge on any atom is -0.306 e. The Balaban J connectivity index is 2.01. The number of halogens is 2. The van der Waals surface area contributed by atoms with Crippen molar-refractivity contribution >= 4 is 23.2 Å². The smallest absolute Gasteiger partial charge is 0.0468 e. The lowest BCUT2D eigenvalue weighted by Gasteiger charge is -2.16. The second-order valence-corrected chi connectivity index (χ2v) is 5.10. The van der Waals surface area contributed by atoms with Crippen LogP contribution in [0.15, 0.2) is 48.5 Å². The van der Waals surface area contributed by atoms with Gasteiger partial charge in [-0.25, -0.2) is 0 Å². The standard InChI is InChI=1S/C15H15Cl2N/c1-11(14-8-7-13(16)9-15(14)17)18-10-12-5-3-2-4-6-12/h2-9,11,18H,10H2,1H3/t11-/m1/s1. The molecule has 18 heavy (non-hydrogen) atoms. The van der Waals surface area contributed by atoms with Gasteiger partial charge in [-0.3, -0.25) is 0 Å². The minimum atomic E-state index is 0.190. The van der Waals surface area contributed by atoms with E-state index < -0.39 is 0 Å². The highest BCUT2D eigenvalue weighted by molar-refractivity contribution is 6.35. The van der Waals surface area contributed by atoms with Crippen LogP contribution in [0.25, 0.3) is 0 Å². The molecule has 0 aliphatic rings. The molecule has 94 valence electrons. The normalized spacial score (nSPS) is 12.4. The van der Waals surface area contributed by atoms with E-state index in [9.17, 15) is 0 Å². The summed E-state index contributed by atoms with van der Waals surface area (Å²) in [5, 5.41) is 4.82. The molecule has 0 aliphatic carbocycles. The van der Waals surface area contributed by atoms with Crippen LogP contribution in [0.5, 0.6) is 0 Å². The molecule has 3 heteroatoms. The van der Waals surface area contributed by atoms with Crippen LogP contribution >= 0.6 is 23.2 Å². The highest BCUT2D eigenvalue weighted by atomic mass is 35.5. The second kappa shape index (κ2) is 6.24. The topological polar surface area (TPSA) is 12.0 Å². The first-order chi connectivity index (χ1) is 8.66. The molecule has 0 heterocycles. The number of hydrogen-bond acceptors (Lipinski definition) is 1. The van der Waals surface area contributed by atoms with Gasteiger partial charge in [0.05, 0.1) is 0 Å². The molecule has 0 amide bonds. The van der Waals surface area contributed by atoms with Crippen LogP contribution < -0.4 is 5.32 Å². The largest absolute Gasteiger partial charge is 0.306 e. The van der Waals surface area contributed by atoms with Crippen LogP contribution in [-0.4, -0.2) is 0 Å². The van der Waals surface area contributed by atoms with Gasteiger partial charge < -0.3 is 5.32 Å². The van der Waals surface area contributed by atoms with E-state index in [4.69, 9.17) is 23.2 Å². The van der Waals surface area contributed by atoms with Gasteiger partial charge in [0.1, 0.15) is 0 Å². The van der Waals surface area contributed by atoms with Gasteiger partial charge in [-0.05, 0) is 30.2 Å². The first-order valence-corrected chi connectivity index (χ1v) is 6.64. The molecule has 1 atom stereocenters. The van der Waals surface area contributed by atoms with Crippen molar-refractivity contribution in [2.24, 2.45) is 0 Å². The Morgan fingerprint density at radius 3 is 2.44 bits per heavy atom. The predicted molar refractivity (Wildman–Crippen MR) is 78.2 cm³/mol. The van der Waals surface area contributed by atoms with E-state index in [2.05, 4.69) is 24.4 Å². The number of nitrogens with one attached hydrogen (secondary N) is 1. The quantitative estimate of drug-likeness (QED) is 0.844. The maximum atomic E-state index is 6.18. The molecule has 0 radical (unpaired) electrons. The summed E-state index contributed by atoms with van der Waals surface area (Å²) < 4.78 is 0. The summed E-state index contributed by atoms with van der Waals surface area (Å²) in [4.78, 5) is 0. The Morgan fingerprint density at radius 1 is 1.06 bits per heavy atom. The van der Waals surface area contributed by atoms with Gasteiger partial charge in [-0.2, -0.15) is 0 Å². The second-order valence-electron chi connectivity index (χ2n) is 4.25. The van der Waals surface area contributed by atoms with Gasteiger partial charge in [-0.15, -0.1) is 0 Å². The van der Waals surface area contributed by atoms with Crippen LogP contribution in [0, 0.1) is 0 Å². The maximum Gasteiger partial charge on any atom is 0.0468 e. The molecule has 0 aromatic heterocycles. The van der Waals surface area contributed by atoms with E-state index >= 15 is 0 Å². The van der Waals surface area contributed by atoms with Gasteiger partial charge in [0, 0.05) is 22.6 Å². The molecule has 0 saturated carbocycles. The lowest BCUT2D eigenvalue weighted by atomic mass is 10.1. The van der Waals surface area contributed by atoms with Crippen molar-refractivity contribution in [3.05, 3.63) is 69.7 Å². The average molecular weight is 280 g/mol. The van der Waals surface area contributed by atoms with Crippen LogP contribution in [0.3, 0.4) is 0 Å². The van der Waals surface area contributed by atoms with Crippen LogP contribution in [0.1, 0.15) is 24.1 Å². The summed E-state index contributed by atoms with van der Waals surface area (Å²) in [6.07, 6.45) is 0. The van der Waals surface area contributed by atoms with Gasteiger partial charge in [-0.1, -0.05) is 59.6 Å². The fourth-order valence-electron chi connectivity index (χ4n) is 1.83. The van der Waals surface area contributed by atoms with Crippen molar-refractivity contribution < 1.29 is 0 Å². The third-order valence-corrected chi connectivity index (χ3v) is 3.45. The van der Waals surface area contributed by atoms with Crippen molar-refractivity contribution in [2.75, 3.05) is 0 Å². The van der Waals surface area contributed by atoms with Crippen LogP contribution in [-0.2, 0) is 6.54 Å². The highest BCUT2D eigenvalue weighted by Crippen LogP contribution is 2.26.